The predicted molar refractivity (Wildman–Crippen MR) is 77.8 cm³/mol. The monoisotopic (exact) mass is 280 g/mol. The summed E-state index contributed by atoms with van der Waals surface area (Å²) in [4.78, 5) is 0. The van der Waals surface area contributed by atoms with Crippen molar-refractivity contribution in [2.24, 2.45) is 5.73 Å². The fourth-order valence-electron chi connectivity index (χ4n) is 1.73. The molecule has 2 N–H and O–H groups in total. The van der Waals surface area contributed by atoms with Crippen LogP contribution in [-0.4, -0.2) is 6.54 Å². The lowest BCUT2D eigenvalue weighted by Crippen LogP contribution is -1.97. The Morgan fingerprint density at radius 3 is 2.76 bits per heavy atom. The zero-order valence-electron chi connectivity index (χ0n) is 11.3. The Balaban J connectivity index is 2.06. The smallest absolute Gasteiger partial charge is 0.144 e. The number of rotatable bonds is 3. The van der Waals surface area contributed by atoms with Crippen molar-refractivity contribution < 1.29 is 9.13 Å². The van der Waals surface area contributed by atoms with Gasteiger partial charge in [-0.2, -0.15) is 5.26 Å². The summed E-state index contributed by atoms with van der Waals surface area (Å²) in [5.74, 6) is 5.52. The van der Waals surface area contributed by atoms with Crippen LogP contribution in [0.3, 0.4) is 0 Å². The maximum absolute atomic E-state index is 13.4. The average Bonchev–Trinajstić information content (AvgIpc) is 2.51. The summed E-state index contributed by atoms with van der Waals surface area (Å²) in [5.41, 5.74) is 7.11. The summed E-state index contributed by atoms with van der Waals surface area (Å²) < 4.78 is 19.0. The second-order valence-corrected chi connectivity index (χ2v) is 4.25. The van der Waals surface area contributed by atoms with Crippen LogP contribution in [0.1, 0.15) is 16.7 Å². The molecule has 0 atom stereocenters. The number of nitrogens with two attached hydrogens (primary N) is 1. The van der Waals surface area contributed by atoms with Gasteiger partial charge < -0.3 is 10.5 Å². The summed E-state index contributed by atoms with van der Waals surface area (Å²) in [7, 11) is 0. The zero-order valence-corrected chi connectivity index (χ0v) is 11.3. The van der Waals surface area contributed by atoms with Gasteiger partial charge in [-0.15, -0.1) is 0 Å². The van der Waals surface area contributed by atoms with E-state index in [2.05, 4.69) is 11.8 Å². The normalized spacial score (nSPS) is 9.38. The zero-order chi connectivity index (χ0) is 15.1. The van der Waals surface area contributed by atoms with Gasteiger partial charge in [0.1, 0.15) is 24.2 Å². The van der Waals surface area contributed by atoms with Crippen molar-refractivity contribution >= 4 is 0 Å². The molecule has 0 radical (unpaired) electrons. The van der Waals surface area contributed by atoms with Gasteiger partial charge in [-0.05, 0) is 29.8 Å². The number of benzene rings is 2. The van der Waals surface area contributed by atoms with Crippen LogP contribution in [0.5, 0.6) is 5.75 Å². The van der Waals surface area contributed by atoms with Crippen LogP contribution >= 0.6 is 0 Å². The van der Waals surface area contributed by atoms with Crippen molar-refractivity contribution in [1.82, 2.24) is 0 Å². The molecule has 0 spiro atoms. The molecule has 2 aromatic rings. The number of halogens is 1. The summed E-state index contributed by atoms with van der Waals surface area (Å²) in [6.07, 6.45) is 0. The SMILES string of the molecule is N#Cc1ccc(OCc2cccc(C#CCN)c2)cc1F. The van der Waals surface area contributed by atoms with Gasteiger partial charge in [0, 0.05) is 11.6 Å². The highest BCUT2D eigenvalue weighted by Crippen LogP contribution is 2.17. The van der Waals surface area contributed by atoms with Crippen LogP contribution in [0.25, 0.3) is 0 Å². The highest BCUT2D eigenvalue weighted by atomic mass is 19.1. The lowest BCUT2D eigenvalue weighted by atomic mass is 10.1. The Bertz CT molecular complexity index is 738. The van der Waals surface area contributed by atoms with Crippen LogP contribution in [0.4, 0.5) is 4.39 Å². The van der Waals surface area contributed by atoms with E-state index < -0.39 is 5.82 Å². The highest BCUT2D eigenvalue weighted by molar-refractivity contribution is 5.38. The van der Waals surface area contributed by atoms with E-state index >= 15 is 0 Å². The summed E-state index contributed by atoms with van der Waals surface area (Å²) >= 11 is 0. The molecule has 0 amide bonds. The first-order valence-corrected chi connectivity index (χ1v) is 6.33. The minimum absolute atomic E-state index is 0.00130. The maximum Gasteiger partial charge on any atom is 0.144 e. The number of hydrogen-bond donors (Lipinski definition) is 1. The lowest BCUT2D eigenvalue weighted by Gasteiger charge is -2.07. The number of ether oxygens (including phenoxy) is 1. The van der Waals surface area contributed by atoms with Crippen molar-refractivity contribution in [2.45, 2.75) is 6.61 Å². The molecule has 0 heterocycles. The molecule has 0 aliphatic carbocycles. The van der Waals surface area contributed by atoms with E-state index in [1.54, 1.807) is 12.1 Å². The first-order chi connectivity index (χ1) is 10.2. The average molecular weight is 280 g/mol. The first kappa shape index (κ1) is 14.6. The molecule has 3 nitrogen and oxygen atoms in total. The van der Waals surface area contributed by atoms with Gasteiger partial charge >= 0.3 is 0 Å². The molecule has 0 bridgehead atoms. The van der Waals surface area contributed by atoms with Crippen LogP contribution in [0.2, 0.25) is 0 Å². The molecule has 104 valence electrons. The van der Waals surface area contributed by atoms with E-state index in [-0.39, 0.29) is 5.56 Å². The van der Waals surface area contributed by atoms with Crippen LogP contribution < -0.4 is 10.5 Å². The third kappa shape index (κ3) is 4.07. The van der Waals surface area contributed by atoms with Crippen molar-refractivity contribution in [2.75, 3.05) is 6.54 Å². The van der Waals surface area contributed by atoms with Gasteiger partial charge in [-0.1, -0.05) is 24.0 Å². The highest BCUT2D eigenvalue weighted by Gasteiger charge is 2.03. The van der Waals surface area contributed by atoms with Crippen LogP contribution in [0.15, 0.2) is 42.5 Å². The Labute approximate surface area is 122 Å². The fourth-order valence-corrected chi connectivity index (χ4v) is 1.73. The molecule has 0 unspecified atom stereocenters. The molecule has 0 aromatic heterocycles. The minimum atomic E-state index is -0.586. The van der Waals surface area contributed by atoms with Crippen LogP contribution in [0, 0.1) is 29.0 Å². The summed E-state index contributed by atoms with van der Waals surface area (Å²) in [6.45, 7) is 0.606. The van der Waals surface area contributed by atoms with Gasteiger partial charge in [0.05, 0.1) is 12.1 Å². The predicted octanol–water partition coefficient (Wildman–Crippen LogP) is 2.59. The Hall–Kier alpha value is -2.82. The maximum atomic E-state index is 13.4. The van der Waals surface area contributed by atoms with Gasteiger partial charge in [0.2, 0.25) is 0 Å². The van der Waals surface area contributed by atoms with E-state index in [4.69, 9.17) is 15.7 Å². The van der Waals surface area contributed by atoms with E-state index in [0.29, 0.717) is 18.9 Å². The van der Waals surface area contributed by atoms with Crippen molar-refractivity contribution in [3.63, 3.8) is 0 Å². The molecule has 0 saturated carbocycles. The third-order valence-corrected chi connectivity index (χ3v) is 2.73. The molecular weight excluding hydrogens is 267 g/mol. The van der Waals surface area contributed by atoms with Crippen LogP contribution in [-0.2, 0) is 6.61 Å². The molecule has 0 saturated heterocycles. The molecular formula is C17H13FN2O. The van der Waals surface area contributed by atoms with E-state index in [0.717, 1.165) is 11.1 Å². The van der Waals surface area contributed by atoms with Crippen molar-refractivity contribution in [1.29, 1.82) is 5.26 Å². The standard InChI is InChI=1S/C17H13FN2O/c18-17-10-16(7-6-15(17)11-20)21-12-14-4-1-3-13(9-14)5-2-8-19/h1,3-4,6-7,9-10H,8,12,19H2. The molecule has 2 rings (SSSR count). The molecule has 2 aromatic carbocycles. The van der Waals surface area contributed by atoms with E-state index in [1.807, 2.05) is 24.3 Å². The molecule has 0 aliphatic heterocycles. The van der Waals surface area contributed by atoms with E-state index in [1.165, 1.54) is 12.1 Å². The second-order valence-electron chi connectivity index (χ2n) is 4.25. The Morgan fingerprint density at radius 2 is 2.05 bits per heavy atom. The van der Waals surface area contributed by atoms with Gasteiger partial charge in [0.25, 0.3) is 0 Å². The fraction of sp³-hybridized carbons (Fsp3) is 0.118. The van der Waals surface area contributed by atoms with Crippen molar-refractivity contribution in [3.05, 3.63) is 65.0 Å². The topological polar surface area (TPSA) is 59.0 Å². The third-order valence-electron chi connectivity index (χ3n) is 2.73. The second kappa shape index (κ2) is 7.09. The van der Waals surface area contributed by atoms with Gasteiger partial charge in [-0.3, -0.25) is 0 Å². The molecule has 0 fully saturated rings. The van der Waals surface area contributed by atoms with Gasteiger partial charge in [0.15, 0.2) is 0 Å². The largest absolute Gasteiger partial charge is 0.489 e. The lowest BCUT2D eigenvalue weighted by molar-refractivity contribution is 0.304. The molecule has 21 heavy (non-hydrogen) atoms. The number of nitrogens with zero attached hydrogens (tertiary/aromatic N) is 1. The Kier molecular flexibility index (Phi) is 4.93. The quantitative estimate of drug-likeness (QED) is 0.879. The first-order valence-electron chi connectivity index (χ1n) is 6.33. The molecule has 0 aliphatic rings. The van der Waals surface area contributed by atoms with Gasteiger partial charge in [-0.25, -0.2) is 4.39 Å². The summed E-state index contributed by atoms with van der Waals surface area (Å²) in [6, 6.07) is 13.5. The van der Waals surface area contributed by atoms with E-state index in [9.17, 15) is 4.39 Å². The number of nitriles is 1. The number of hydrogen-bond acceptors (Lipinski definition) is 3. The molecule has 4 heteroatoms. The van der Waals surface area contributed by atoms with Crippen molar-refractivity contribution in [3.8, 4) is 23.7 Å². The summed E-state index contributed by atoms with van der Waals surface area (Å²) in [5, 5.41) is 8.67. The minimum Gasteiger partial charge on any atom is -0.489 e. The Morgan fingerprint density at radius 1 is 1.19 bits per heavy atom.